The van der Waals surface area contributed by atoms with E-state index in [4.69, 9.17) is 14.8 Å². The average molecular weight is 315 g/mol. The van der Waals surface area contributed by atoms with Crippen LogP contribution in [0.4, 0.5) is 0 Å². The van der Waals surface area contributed by atoms with Gasteiger partial charge in [0.25, 0.3) is 0 Å². The van der Waals surface area contributed by atoms with Crippen LogP contribution in [0.1, 0.15) is 61.8 Å². The van der Waals surface area contributed by atoms with Crippen molar-refractivity contribution in [2.75, 3.05) is 13.2 Å². The van der Waals surface area contributed by atoms with Gasteiger partial charge >= 0.3 is 0 Å². The summed E-state index contributed by atoms with van der Waals surface area (Å²) in [6, 6.07) is 0. The molecule has 4 rings (SSSR count). The molecule has 2 fully saturated rings. The molecule has 1 saturated heterocycles. The lowest BCUT2D eigenvalue weighted by Crippen LogP contribution is -2.17. The van der Waals surface area contributed by atoms with Crippen molar-refractivity contribution in [1.29, 1.82) is 0 Å². The second-order valence-electron chi connectivity index (χ2n) is 6.89. The van der Waals surface area contributed by atoms with Crippen molar-refractivity contribution in [3.63, 3.8) is 0 Å². The maximum absolute atomic E-state index is 5.51. The topological polar surface area (TPSA) is 68.6 Å². The van der Waals surface area contributed by atoms with E-state index in [0.717, 1.165) is 55.9 Å². The largest absolute Gasteiger partial charge is 0.381 e. The standard InChI is InChI=1S/C17H25N5O/c1-2-4-13(5-3-1)10-22-16(8-15-9-18-12-19-15)20-17(21-22)14-6-7-23-11-14/h9,12-14H,1-8,10-11H2,(H,18,19)/t14-/m1/s1. The van der Waals surface area contributed by atoms with Crippen LogP contribution < -0.4 is 0 Å². The first-order chi connectivity index (χ1) is 11.4. The molecule has 3 heterocycles. The molecule has 1 atom stereocenters. The minimum absolute atomic E-state index is 0.364. The van der Waals surface area contributed by atoms with Crippen LogP contribution in [0.25, 0.3) is 0 Å². The van der Waals surface area contributed by atoms with E-state index in [1.54, 1.807) is 6.33 Å². The monoisotopic (exact) mass is 315 g/mol. The number of aromatic nitrogens is 5. The quantitative estimate of drug-likeness (QED) is 0.921. The van der Waals surface area contributed by atoms with Crippen molar-refractivity contribution in [2.24, 2.45) is 5.92 Å². The van der Waals surface area contributed by atoms with Crippen molar-refractivity contribution in [2.45, 2.75) is 57.4 Å². The van der Waals surface area contributed by atoms with Crippen LogP contribution in [0.3, 0.4) is 0 Å². The van der Waals surface area contributed by atoms with Crippen molar-refractivity contribution >= 4 is 0 Å². The Morgan fingerprint density at radius 3 is 2.87 bits per heavy atom. The molecule has 0 bridgehead atoms. The molecule has 2 aliphatic rings. The van der Waals surface area contributed by atoms with Crippen LogP contribution in [0.5, 0.6) is 0 Å². The van der Waals surface area contributed by atoms with Gasteiger partial charge in [0.1, 0.15) is 5.82 Å². The second kappa shape index (κ2) is 6.83. The smallest absolute Gasteiger partial charge is 0.156 e. The Kier molecular flexibility index (Phi) is 4.41. The number of imidazole rings is 1. The van der Waals surface area contributed by atoms with Crippen LogP contribution >= 0.6 is 0 Å². The summed E-state index contributed by atoms with van der Waals surface area (Å²) >= 11 is 0. The van der Waals surface area contributed by atoms with Gasteiger partial charge in [-0.1, -0.05) is 19.3 Å². The molecule has 6 heteroatoms. The van der Waals surface area contributed by atoms with Gasteiger partial charge in [-0.2, -0.15) is 5.10 Å². The van der Waals surface area contributed by atoms with Crippen LogP contribution in [-0.4, -0.2) is 37.9 Å². The number of ether oxygens (including phenoxy) is 1. The van der Waals surface area contributed by atoms with E-state index in [2.05, 4.69) is 14.6 Å². The molecule has 2 aromatic rings. The minimum atomic E-state index is 0.364. The maximum atomic E-state index is 5.51. The van der Waals surface area contributed by atoms with E-state index in [1.165, 1.54) is 32.1 Å². The molecule has 6 nitrogen and oxygen atoms in total. The van der Waals surface area contributed by atoms with E-state index in [1.807, 2.05) is 6.20 Å². The molecular weight excluding hydrogens is 290 g/mol. The van der Waals surface area contributed by atoms with Crippen LogP contribution in [0, 0.1) is 5.92 Å². The third-order valence-electron chi connectivity index (χ3n) is 5.12. The third kappa shape index (κ3) is 3.47. The molecule has 0 aromatic carbocycles. The number of hydrogen-bond acceptors (Lipinski definition) is 4. The summed E-state index contributed by atoms with van der Waals surface area (Å²) in [5.41, 5.74) is 1.09. The first kappa shape index (κ1) is 14.9. The molecule has 0 radical (unpaired) electrons. The molecule has 0 unspecified atom stereocenters. The average Bonchev–Trinajstić information content (AvgIpc) is 3.31. The molecule has 0 spiro atoms. The highest BCUT2D eigenvalue weighted by Gasteiger charge is 2.25. The lowest BCUT2D eigenvalue weighted by molar-refractivity contribution is 0.193. The number of hydrogen-bond donors (Lipinski definition) is 1. The van der Waals surface area contributed by atoms with Crippen molar-refractivity contribution in [1.82, 2.24) is 24.7 Å². The molecule has 1 N–H and O–H groups in total. The summed E-state index contributed by atoms with van der Waals surface area (Å²) in [5.74, 6) is 3.14. The Morgan fingerprint density at radius 2 is 2.13 bits per heavy atom. The Morgan fingerprint density at radius 1 is 1.22 bits per heavy atom. The van der Waals surface area contributed by atoms with E-state index in [-0.39, 0.29) is 0 Å². The van der Waals surface area contributed by atoms with Gasteiger partial charge in [0.2, 0.25) is 0 Å². The normalized spacial score (nSPS) is 22.7. The summed E-state index contributed by atoms with van der Waals surface area (Å²) in [5, 5.41) is 4.86. The lowest BCUT2D eigenvalue weighted by Gasteiger charge is -2.21. The predicted octanol–water partition coefficient (Wildman–Crippen LogP) is 2.68. The van der Waals surface area contributed by atoms with Crippen LogP contribution in [0.2, 0.25) is 0 Å². The molecule has 1 aliphatic heterocycles. The van der Waals surface area contributed by atoms with Gasteiger partial charge in [0.05, 0.1) is 12.9 Å². The van der Waals surface area contributed by atoms with Crippen LogP contribution in [-0.2, 0) is 17.7 Å². The molecule has 2 aromatic heterocycles. The molecule has 23 heavy (non-hydrogen) atoms. The number of rotatable bonds is 5. The highest BCUT2D eigenvalue weighted by Crippen LogP contribution is 2.27. The molecule has 1 aliphatic carbocycles. The zero-order valence-corrected chi connectivity index (χ0v) is 13.6. The zero-order chi connectivity index (χ0) is 15.5. The number of nitrogens with one attached hydrogen (secondary N) is 1. The second-order valence-corrected chi connectivity index (χ2v) is 6.89. The Hall–Kier alpha value is -1.69. The highest BCUT2D eigenvalue weighted by molar-refractivity contribution is 5.09. The van der Waals surface area contributed by atoms with E-state index in [9.17, 15) is 0 Å². The summed E-state index contributed by atoms with van der Waals surface area (Å²) < 4.78 is 7.67. The van der Waals surface area contributed by atoms with Crippen LogP contribution in [0.15, 0.2) is 12.5 Å². The van der Waals surface area contributed by atoms with Gasteiger partial charge in [-0.25, -0.2) is 14.6 Å². The Labute approximate surface area is 136 Å². The van der Waals surface area contributed by atoms with Gasteiger partial charge in [0, 0.05) is 37.4 Å². The Bertz CT molecular complexity index is 609. The SMILES string of the molecule is c1ncc(Cc2nc([C@@H]3CCOC3)nn2CC2CCCCC2)[nH]1. The summed E-state index contributed by atoms with van der Waals surface area (Å²) in [6.07, 6.45) is 12.2. The van der Waals surface area contributed by atoms with Crippen molar-refractivity contribution in [3.05, 3.63) is 29.9 Å². The van der Waals surface area contributed by atoms with Gasteiger partial charge in [-0.05, 0) is 25.2 Å². The highest BCUT2D eigenvalue weighted by atomic mass is 16.5. The number of H-pyrrole nitrogens is 1. The van der Waals surface area contributed by atoms with E-state index < -0.39 is 0 Å². The third-order valence-corrected chi connectivity index (χ3v) is 5.12. The van der Waals surface area contributed by atoms with Gasteiger partial charge in [-0.15, -0.1) is 0 Å². The summed E-state index contributed by atoms with van der Waals surface area (Å²) in [6.45, 7) is 2.60. The lowest BCUT2D eigenvalue weighted by atomic mass is 9.89. The molecule has 124 valence electrons. The molecule has 0 amide bonds. The fraction of sp³-hybridized carbons (Fsp3) is 0.706. The Balaban J connectivity index is 1.55. The fourth-order valence-electron chi connectivity index (χ4n) is 3.75. The number of aromatic amines is 1. The van der Waals surface area contributed by atoms with Gasteiger partial charge in [0.15, 0.2) is 5.82 Å². The first-order valence-electron chi connectivity index (χ1n) is 8.87. The van der Waals surface area contributed by atoms with Gasteiger partial charge < -0.3 is 9.72 Å². The van der Waals surface area contributed by atoms with Gasteiger partial charge in [-0.3, -0.25) is 0 Å². The van der Waals surface area contributed by atoms with E-state index in [0.29, 0.717) is 5.92 Å². The van der Waals surface area contributed by atoms with Crippen molar-refractivity contribution < 1.29 is 4.74 Å². The zero-order valence-electron chi connectivity index (χ0n) is 13.6. The summed E-state index contributed by atoms with van der Waals surface area (Å²) in [4.78, 5) is 12.1. The summed E-state index contributed by atoms with van der Waals surface area (Å²) in [7, 11) is 0. The maximum Gasteiger partial charge on any atom is 0.156 e. The first-order valence-corrected chi connectivity index (χ1v) is 8.87. The minimum Gasteiger partial charge on any atom is -0.381 e. The van der Waals surface area contributed by atoms with E-state index >= 15 is 0 Å². The molecular formula is C17H25N5O. The number of nitrogens with zero attached hydrogens (tertiary/aromatic N) is 4. The van der Waals surface area contributed by atoms with Crippen molar-refractivity contribution in [3.8, 4) is 0 Å². The fourth-order valence-corrected chi connectivity index (χ4v) is 3.75. The predicted molar refractivity (Wildman–Crippen MR) is 86.2 cm³/mol. The molecule has 1 saturated carbocycles.